The van der Waals surface area contributed by atoms with Crippen LogP contribution in [0.5, 0.6) is 28.7 Å². The Balaban J connectivity index is 1.29. The van der Waals surface area contributed by atoms with Crippen LogP contribution in [-0.2, 0) is 11.2 Å². The summed E-state index contributed by atoms with van der Waals surface area (Å²) in [6, 6.07) is 16.8. The van der Waals surface area contributed by atoms with Gasteiger partial charge in [0.05, 0.1) is 32.4 Å². The number of carbonyl (C=O) groups excluding carboxylic acids is 2. The van der Waals surface area contributed by atoms with Gasteiger partial charge < -0.3 is 23.7 Å². The second kappa shape index (κ2) is 10.4. The van der Waals surface area contributed by atoms with Crippen molar-refractivity contribution in [1.82, 2.24) is 5.43 Å². The predicted molar refractivity (Wildman–Crippen MR) is 123 cm³/mol. The zero-order valence-electron chi connectivity index (χ0n) is 18.6. The molecule has 0 saturated carbocycles. The van der Waals surface area contributed by atoms with E-state index < -0.39 is 5.97 Å². The van der Waals surface area contributed by atoms with Crippen molar-refractivity contribution in [2.75, 3.05) is 21.0 Å². The molecule has 4 rings (SSSR count). The number of nitrogens with zero attached hydrogens (tertiary/aromatic N) is 1. The van der Waals surface area contributed by atoms with Crippen LogP contribution in [0.4, 0.5) is 0 Å². The Bertz CT molecular complexity index is 1220. The van der Waals surface area contributed by atoms with Gasteiger partial charge in [0.25, 0.3) is 0 Å². The van der Waals surface area contributed by atoms with Gasteiger partial charge in [-0.25, -0.2) is 10.2 Å². The number of nitrogens with one attached hydrogen (secondary N) is 1. The minimum atomic E-state index is -0.512. The lowest BCUT2D eigenvalue weighted by Crippen LogP contribution is -2.19. The second-order valence-corrected chi connectivity index (χ2v) is 7.19. The Morgan fingerprint density at radius 3 is 2.47 bits per heavy atom. The molecule has 1 aliphatic heterocycles. The quantitative estimate of drug-likeness (QED) is 0.237. The van der Waals surface area contributed by atoms with E-state index in [4.69, 9.17) is 23.7 Å². The first-order valence-electron chi connectivity index (χ1n) is 10.3. The van der Waals surface area contributed by atoms with Gasteiger partial charge in [-0.1, -0.05) is 6.07 Å². The number of hydrogen-bond acceptors (Lipinski definition) is 8. The van der Waals surface area contributed by atoms with Crippen molar-refractivity contribution in [3.8, 4) is 28.7 Å². The Morgan fingerprint density at radius 1 is 0.941 bits per heavy atom. The molecular formula is C25H22N2O7. The van der Waals surface area contributed by atoms with Crippen LogP contribution in [0.25, 0.3) is 0 Å². The van der Waals surface area contributed by atoms with E-state index in [0.717, 1.165) is 5.56 Å². The van der Waals surface area contributed by atoms with Crippen LogP contribution in [0.2, 0.25) is 0 Å². The summed E-state index contributed by atoms with van der Waals surface area (Å²) in [6.07, 6.45) is 1.63. The van der Waals surface area contributed by atoms with E-state index in [-0.39, 0.29) is 19.1 Å². The van der Waals surface area contributed by atoms with Gasteiger partial charge in [-0.2, -0.15) is 5.10 Å². The Morgan fingerprint density at radius 2 is 1.71 bits per heavy atom. The summed E-state index contributed by atoms with van der Waals surface area (Å²) >= 11 is 0. The third-order valence-electron chi connectivity index (χ3n) is 4.91. The first-order chi connectivity index (χ1) is 16.6. The van der Waals surface area contributed by atoms with Crippen molar-refractivity contribution in [1.29, 1.82) is 0 Å². The molecular weight excluding hydrogens is 440 g/mol. The number of amides is 1. The number of hydrazone groups is 1. The van der Waals surface area contributed by atoms with Crippen LogP contribution in [0.3, 0.4) is 0 Å². The molecule has 1 heterocycles. The molecule has 0 spiro atoms. The van der Waals surface area contributed by atoms with Crippen molar-refractivity contribution in [3.63, 3.8) is 0 Å². The lowest BCUT2D eigenvalue weighted by Gasteiger charge is -2.09. The van der Waals surface area contributed by atoms with E-state index in [0.29, 0.717) is 39.9 Å². The highest BCUT2D eigenvalue weighted by molar-refractivity contribution is 5.92. The van der Waals surface area contributed by atoms with E-state index in [1.165, 1.54) is 13.3 Å². The van der Waals surface area contributed by atoms with Gasteiger partial charge in [-0.3, -0.25) is 4.79 Å². The number of benzene rings is 3. The van der Waals surface area contributed by atoms with Crippen LogP contribution in [0, 0.1) is 0 Å². The van der Waals surface area contributed by atoms with Crippen molar-refractivity contribution >= 4 is 18.1 Å². The highest BCUT2D eigenvalue weighted by atomic mass is 16.7. The molecule has 1 amide bonds. The average Bonchev–Trinajstić information content (AvgIpc) is 3.33. The zero-order chi connectivity index (χ0) is 23.9. The molecule has 0 radical (unpaired) electrons. The molecule has 34 heavy (non-hydrogen) atoms. The highest BCUT2D eigenvalue weighted by Crippen LogP contribution is 2.32. The standard InChI is InChI=1S/C25H22N2O7/c1-30-20-9-5-17(11-22(20)31-2)12-24(28)27-26-14-16-3-7-19(8-4-16)34-25(29)18-6-10-21-23(13-18)33-15-32-21/h3-11,13-14H,12,15H2,1-2H3,(H,27,28)/b26-14-. The minimum absolute atomic E-state index is 0.131. The van der Waals surface area contributed by atoms with Gasteiger partial charge in [0.2, 0.25) is 12.7 Å². The molecule has 9 nitrogen and oxygen atoms in total. The average molecular weight is 462 g/mol. The highest BCUT2D eigenvalue weighted by Gasteiger charge is 2.17. The molecule has 1 N–H and O–H groups in total. The fourth-order valence-electron chi connectivity index (χ4n) is 3.21. The molecule has 9 heteroatoms. The van der Waals surface area contributed by atoms with Gasteiger partial charge in [0, 0.05) is 0 Å². The van der Waals surface area contributed by atoms with Gasteiger partial charge in [0.1, 0.15) is 5.75 Å². The van der Waals surface area contributed by atoms with Crippen LogP contribution < -0.4 is 29.1 Å². The van der Waals surface area contributed by atoms with E-state index in [2.05, 4.69) is 10.5 Å². The number of carbonyl (C=O) groups is 2. The molecule has 0 atom stereocenters. The zero-order valence-corrected chi connectivity index (χ0v) is 18.6. The summed E-state index contributed by atoms with van der Waals surface area (Å²) in [4.78, 5) is 24.5. The van der Waals surface area contributed by atoms with Gasteiger partial charge in [0.15, 0.2) is 23.0 Å². The maximum atomic E-state index is 12.4. The first-order valence-corrected chi connectivity index (χ1v) is 10.3. The van der Waals surface area contributed by atoms with Crippen LogP contribution in [0.15, 0.2) is 65.8 Å². The van der Waals surface area contributed by atoms with Crippen LogP contribution in [-0.4, -0.2) is 39.1 Å². The van der Waals surface area contributed by atoms with Crippen molar-refractivity contribution in [2.24, 2.45) is 5.10 Å². The van der Waals surface area contributed by atoms with Gasteiger partial charge in [-0.05, 0) is 65.7 Å². The number of rotatable bonds is 8. The Kier molecular flexibility index (Phi) is 6.92. The Labute approximate surface area is 195 Å². The first kappa shape index (κ1) is 22.7. The maximum absolute atomic E-state index is 12.4. The lowest BCUT2D eigenvalue weighted by molar-refractivity contribution is -0.120. The fourth-order valence-corrected chi connectivity index (χ4v) is 3.21. The molecule has 174 valence electrons. The molecule has 0 bridgehead atoms. The SMILES string of the molecule is COc1ccc(CC(=O)N/N=C\c2ccc(OC(=O)c3ccc4c(c3)OCO4)cc2)cc1OC. The summed E-state index contributed by atoms with van der Waals surface area (Å²) in [5.41, 5.74) is 4.32. The summed E-state index contributed by atoms with van der Waals surface area (Å²) in [5.74, 6) is 1.83. The molecule has 1 aliphatic rings. The molecule has 3 aromatic rings. The maximum Gasteiger partial charge on any atom is 0.343 e. The summed E-state index contributed by atoms with van der Waals surface area (Å²) < 4.78 is 26.3. The van der Waals surface area contributed by atoms with Crippen molar-refractivity contribution in [3.05, 3.63) is 77.4 Å². The molecule has 0 saturated heterocycles. The van der Waals surface area contributed by atoms with E-state index in [9.17, 15) is 9.59 Å². The largest absolute Gasteiger partial charge is 0.493 e. The molecule has 0 aliphatic carbocycles. The number of esters is 1. The van der Waals surface area contributed by atoms with E-state index in [1.54, 1.807) is 67.8 Å². The Hall–Kier alpha value is -4.53. The van der Waals surface area contributed by atoms with Crippen LogP contribution >= 0.6 is 0 Å². The van der Waals surface area contributed by atoms with Gasteiger partial charge in [-0.15, -0.1) is 0 Å². The van der Waals surface area contributed by atoms with E-state index >= 15 is 0 Å². The predicted octanol–water partition coefficient (Wildman–Crippen LogP) is 3.34. The second-order valence-electron chi connectivity index (χ2n) is 7.19. The molecule has 3 aromatic carbocycles. The monoisotopic (exact) mass is 462 g/mol. The van der Waals surface area contributed by atoms with E-state index in [1.807, 2.05) is 0 Å². The topological polar surface area (TPSA) is 105 Å². The van der Waals surface area contributed by atoms with Crippen molar-refractivity contribution < 1.29 is 33.3 Å². The molecule has 0 unspecified atom stereocenters. The minimum Gasteiger partial charge on any atom is -0.493 e. The summed E-state index contributed by atoms with van der Waals surface area (Å²) in [6.45, 7) is 0.132. The summed E-state index contributed by atoms with van der Waals surface area (Å²) in [5, 5.41) is 3.97. The lowest BCUT2D eigenvalue weighted by atomic mass is 10.1. The fraction of sp³-hybridized carbons (Fsp3) is 0.160. The third kappa shape index (κ3) is 5.44. The third-order valence-corrected chi connectivity index (χ3v) is 4.91. The smallest absolute Gasteiger partial charge is 0.343 e. The molecule has 0 aromatic heterocycles. The number of ether oxygens (including phenoxy) is 5. The van der Waals surface area contributed by atoms with Crippen LogP contribution in [0.1, 0.15) is 21.5 Å². The number of fused-ring (bicyclic) bond motifs is 1. The summed E-state index contributed by atoms with van der Waals surface area (Å²) in [7, 11) is 3.09. The normalized spacial score (nSPS) is 11.8. The van der Waals surface area contributed by atoms with Crippen molar-refractivity contribution in [2.45, 2.75) is 6.42 Å². The number of methoxy groups -OCH3 is 2. The molecule has 0 fully saturated rings. The number of hydrogen-bond donors (Lipinski definition) is 1. The van der Waals surface area contributed by atoms with Gasteiger partial charge >= 0.3 is 5.97 Å².